The molecule has 0 unspecified atom stereocenters. The molecule has 1 aliphatic carbocycles. The molecule has 1 aromatic carbocycles. The second kappa shape index (κ2) is 5.99. The lowest BCUT2D eigenvalue weighted by Crippen LogP contribution is -2.37. The van der Waals surface area contributed by atoms with E-state index < -0.39 is 10.0 Å². The number of carbonyl (C=O) groups is 1. The highest BCUT2D eigenvalue weighted by Crippen LogP contribution is 2.31. The third kappa shape index (κ3) is 3.09. The number of rotatable bonds is 3. The van der Waals surface area contributed by atoms with E-state index in [1.54, 1.807) is 11.0 Å². The summed E-state index contributed by atoms with van der Waals surface area (Å²) in [5, 5.41) is 0. The van der Waals surface area contributed by atoms with Gasteiger partial charge in [-0.1, -0.05) is 0 Å². The molecule has 25 heavy (non-hydrogen) atoms. The van der Waals surface area contributed by atoms with E-state index in [1.807, 2.05) is 0 Å². The van der Waals surface area contributed by atoms with Crippen molar-refractivity contribution < 1.29 is 13.2 Å². The van der Waals surface area contributed by atoms with Gasteiger partial charge in [-0.15, -0.1) is 0 Å². The summed E-state index contributed by atoms with van der Waals surface area (Å²) >= 11 is 0. The Bertz CT molecular complexity index is 973. The molecular formula is C16H20N4O4S. The molecule has 1 saturated heterocycles. The van der Waals surface area contributed by atoms with Gasteiger partial charge in [-0.05, 0) is 37.5 Å². The van der Waals surface area contributed by atoms with Gasteiger partial charge in [-0.3, -0.25) is 4.79 Å². The Morgan fingerprint density at radius 3 is 2.56 bits per heavy atom. The van der Waals surface area contributed by atoms with E-state index in [1.165, 1.54) is 16.4 Å². The fraction of sp³-hybridized carbons (Fsp3) is 0.500. The Balaban J connectivity index is 1.56. The molecule has 0 spiro atoms. The van der Waals surface area contributed by atoms with Crippen LogP contribution in [0.25, 0.3) is 11.0 Å². The summed E-state index contributed by atoms with van der Waals surface area (Å²) in [5.74, 6) is 0.307. The summed E-state index contributed by atoms with van der Waals surface area (Å²) in [5.41, 5.74) is 0.668. The molecule has 0 radical (unpaired) electrons. The number of hydrogen-bond acceptors (Lipinski definition) is 4. The fourth-order valence-electron chi connectivity index (χ4n) is 3.26. The summed E-state index contributed by atoms with van der Waals surface area (Å²) in [7, 11) is -3.66. The van der Waals surface area contributed by atoms with Crippen LogP contribution in [-0.2, 0) is 14.8 Å². The number of fused-ring (bicyclic) bond motifs is 1. The van der Waals surface area contributed by atoms with Crippen molar-refractivity contribution in [1.29, 1.82) is 0 Å². The van der Waals surface area contributed by atoms with Crippen LogP contribution in [0.15, 0.2) is 27.9 Å². The van der Waals surface area contributed by atoms with E-state index in [-0.39, 0.29) is 22.4 Å². The van der Waals surface area contributed by atoms with E-state index in [4.69, 9.17) is 0 Å². The SMILES string of the molecule is O=C(C1CC1)N1CCCN(S(=O)(=O)c2ccc3[nH]c(=O)[nH]c3c2)CC1. The van der Waals surface area contributed by atoms with Crippen LogP contribution in [0.2, 0.25) is 0 Å². The first-order chi connectivity index (χ1) is 11.9. The average molecular weight is 364 g/mol. The van der Waals surface area contributed by atoms with Crippen LogP contribution in [0, 0.1) is 5.92 Å². The van der Waals surface area contributed by atoms with Crippen molar-refractivity contribution >= 4 is 27.0 Å². The first-order valence-corrected chi connectivity index (χ1v) is 9.90. The lowest BCUT2D eigenvalue weighted by atomic mass is 10.3. The number of nitrogens with one attached hydrogen (secondary N) is 2. The average Bonchev–Trinajstić information content (AvgIpc) is 3.37. The molecule has 2 heterocycles. The minimum atomic E-state index is -3.66. The zero-order valence-corrected chi connectivity index (χ0v) is 14.5. The third-order valence-electron chi connectivity index (χ3n) is 4.82. The van der Waals surface area contributed by atoms with E-state index in [0.717, 1.165) is 12.8 Å². The minimum absolute atomic E-state index is 0.149. The van der Waals surface area contributed by atoms with Gasteiger partial charge in [-0.2, -0.15) is 4.31 Å². The number of carbonyl (C=O) groups excluding carboxylic acids is 1. The van der Waals surface area contributed by atoms with Crippen LogP contribution in [0.5, 0.6) is 0 Å². The van der Waals surface area contributed by atoms with Crippen molar-refractivity contribution in [2.45, 2.75) is 24.2 Å². The number of nitrogens with zero attached hydrogens (tertiary/aromatic N) is 2. The van der Waals surface area contributed by atoms with Gasteiger partial charge in [-0.25, -0.2) is 13.2 Å². The van der Waals surface area contributed by atoms with Crippen LogP contribution in [0.3, 0.4) is 0 Å². The molecule has 2 aliphatic rings. The van der Waals surface area contributed by atoms with Crippen molar-refractivity contribution in [2.24, 2.45) is 5.92 Å². The van der Waals surface area contributed by atoms with Crippen LogP contribution in [-0.4, -0.2) is 59.7 Å². The molecule has 2 fully saturated rings. The standard InChI is InChI=1S/C16H20N4O4S/c21-15(11-2-3-11)19-6-1-7-20(9-8-19)25(23,24)12-4-5-13-14(10-12)18-16(22)17-13/h4-5,10-11H,1-3,6-9H2,(H2,17,18,22). The van der Waals surface area contributed by atoms with Crippen LogP contribution < -0.4 is 5.69 Å². The topological polar surface area (TPSA) is 106 Å². The number of sulfonamides is 1. The monoisotopic (exact) mass is 364 g/mol. The van der Waals surface area contributed by atoms with Crippen molar-refractivity contribution in [3.05, 3.63) is 28.7 Å². The molecule has 2 N–H and O–H groups in total. The Morgan fingerprint density at radius 2 is 1.80 bits per heavy atom. The molecular weight excluding hydrogens is 344 g/mol. The molecule has 134 valence electrons. The lowest BCUT2D eigenvalue weighted by molar-refractivity contribution is -0.132. The normalized spacial score (nSPS) is 19.9. The van der Waals surface area contributed by atoms with Crippen molar-refractivity contribution in [2.75, 3.05) is 26.2 Å². The largest absolute Gasteiger partial charge is 0.341 e. The molecule has 9 heteroatoms. The highest BCUT2D eigenvalue weighted by molar-refractivity contribution is 7.89. The first-order valence-electron chi connectivity index (χ1n) is 8.46. The molecule has 4 rings (SSSR count). The zero-order chi connectivity index (χ0) is 17.6. The highest BCUT2D eigenvalue weighted by Gasteiger charge is 2.35. The van der Waals surface area contributed by atoms with Gasteiger partial charge >= 0.3 is 5.69 Å². The maximum Gasteiger partial charge on any atom is 0.323 e. The minimum Gasteiger partial charge on any atom is -0.341 e. The number of aromatic nitrogens is 2. The highest BCUT2D eigenvalue weighted by atomic mass is 32.2. The van der Waals surface area contributed by atoms with Gasteiger partial charge in [0.15, 0.2) is 0 Å². The van der Waals surface area contributed by atoms with Crippen LogP contribution in [0.4, 0.5) is 0 Å². The molecule has 1 amide bonds. The van der Waals surface area contributed by atoms with Gasteiger partial charge in [0, 0.05) is 32.1 Å². The number of imidazole rings is 1. The van der Waals surface area contributed by atoms with Gasteiger partial charge in [0.05, 0.1) is 15.9 Å². The second-order valence-electron chi connectivity index (χ2n) is 6.64. The fourth-order valence-corrected chi connectivity index (χ4v) is 4.76. The summed E-state index contributed by atoms with van der Waals surface area (Å²) in [6.45, 7) is 1.71. The number of amides is 1. The zero-order valence-electron chi connectivity index (χ0n) is 13.7. The Kier molecular flexibility index (Phi) is 3.92. The maximum atomic E-state index is 12.9. The summed E-state index contributed by atoms with van der Waals surface area (Å²) in [6, 6.07) is 4.56. The van der Waals surface area contributed by atoms with Gasteiger partial charge in [0.1, 0.15) is 0 Å². The smallest absolute Gasteiger partial charge is 0.323 e. The Labute approximate surface area is 144 Å². The van der Waals surface area contributed by atoms with Gasteiger partial charge < -0.3 is 14.9 Å². The Morgan fingerprint density at radius 1 is 1.04 bits per heavy atom. The number of H-pyrrole nitrogens is 2. The molecule has 1 aromatic heterocycles. The van der Waals surface area contributed by atoms with Crippen molar-refractivity contribution in [3.8, 4) is 0 Å². The van der Waals surface area contributed by atoms with E-state index in [9.17, 15) is 18.0 Å². The number of benzene rings is 1. The number of hydrogen-bond donors (Lipinski definition) is 2. The molecule has 0 atom stereocenters. The quantitative estimate of drug-likeness (QED) is 0.826. The van der Waals surface area contributed by atoms with E-state index in [2.05, 4.69) is 9.97 Å². The van der Waals surface area contributed by atoms with E-state index in [0.29, 0.717) is 43.6 Å². The third-order valence-corrected chi connectivity index (χ3v) is 6.71. The van der Waals surface area contributed by atoms with Crippen LogP contribution >= 0.6 is 0 Å². The Hall–Kier alpha value is -2.13. The van der Waals surface area contributed by atoms with E-state index >= 15 is 0 Å². The van der Waals surface area contributed by atoms with Gasteiger partial charge in [0.25, 0.3) is 0 Å². The van der Waals surface area contributed by atoms with Gasteiger partial charge in [0.2, 0.25) is 15.9 Å². The first kappa shape index (κ1) is 16.3. The van der Waals surface area contributed by atoms with Crippen LogP contribution in [0.1, 0.15) is 19.3 Å². The molecule has 8 nitrogen and oxygen atoms in total. The molecule has 2 aromatic rings. The second-order valence-corrected chi connectivity index (χ2v) is 8.58. The van der Waals surface area contributed by atoms with Crippen molar-refractivity contribution in [1.82, 2.24) is 19.2 Å². The predicted octanol–water partition coefficient (Wildman–Crippen LogP) is 0.489. The molecule has 1 aliphatic heterocycles. The summed E-state index contributed by atoms with van der Waals surface area (Å²) in [6.07, 6.45) is 2.53. The lowest BCUT2D eigenvalue weighted by Gasteiger charge is -2.22. The number of aromatic amines is 2. The summed E-state index contributed by atoms with van der Waals surface area (Å²) in [4.78, 5) is 30.7. The summed E-state index contributed by atoms with van der Waals surface area (Å²) < 4.78 is 27.3. The molecule has 1 saturated carbocycles. The predicted molar refractivity (Wildman–Crippen MR) is 91.6 cm³/mol. The molecule has 0 bridgehead atoms. The van der Waals surface area contributed by atoms with Crippen molar-refractivity contribution in [3.63, 3.8) is 0 Å². The maximum absolute atomic E-state index is 12.9.